The topological polar surface area (TPSA) is 55.1 Å². The zero-order chi connectivity index (χ0) is 13.7. The molecule has 0 spiro atoms. The van der Waals surface area contributed by atoms with E-state index in [0.717, 1.165) is 5.56 Å². The zero-order valence-corrected chi connectivity index (χ0v) is 13.0. The van der Waals surface area contributed by atoms with Crippen molar-refractivity contribution in [2.45, 2.75) is 25.9 Å². The molecule has 0 radical (unpaired) electrons. The summed E-state index contributed by atoms with van der Waals surface area (Å²) < 4.78 is 0. The highest BCUT2D eigenvalue weighted by Crippen LogP contribution is 2.15. The van der Waals surface area contributed by atoms with Gasteiger partial charge in [-0.1, -0.05) is 30.3 Å². The molecule has 1 aromatic heterocycles. The third-order valence-corrected chi connectivity index (χ3v) is 3.89. The number of hydrogen-bond donors (Lipinski definition) is 2. The van der Waals surface area contributed by atoms with Crippen molar-refractivity contribution >= 4 is 29.7 Å². The molecule has 3 N–H and O–H groups in total. The van der Waals surface area contributed by atoms with Gasteiger partial charge >= 0.3 is 0 Å². The molecule has 0 aliphatic heterocycles. The van der Waals surface area contributed by atoms with E-state index >= 15 is 0 Å². The van der Waals surface area contributed by atoms with Gasteiger partial charge in [-0.25, -0.2) is 0 Å². The number of hydrogen-bond acceptors (Lipinski definition) is 3. The summed E-state index contributed by atoms with van der Waals surface area (Å²) in [5, 5.41) is 2.90. The van der Waals surface area contributed by atoms with E-state index in [1.807, 2.05) is 36.4 Å². The Kier molecular flexibility index (Phi) is 6.71. The summed E-state index contributed by atoms with van der Waals surface area (Å²) >= 11 is 1.70. The molecule has 20 heavy (non-hydrogen) atoms. The summed E-state index contributed by atoms with van der Waals surface area (Å²) in [7, 11) is 0. The zero-order valence-electron chi connectivity index (χ0n) is 11.3. The number of halogens is 1. The summed E-state index contributed by atoms with van der Waals surface area (Å²) in [5.74, 6) is -0.0117. The van der Waals surface area contributed by atoms with Crippen LogP contribution in [0.4, 0.5) is 0 Å². The highest BCUT2D eigenvalue weighted by molar-refractivity contribution is 7.11. The maximum atomic E-state index is 11.8. The van der Waals surface area contributed by atoms with Crippen molar-refractivity contribution < 1.29 is 4.79 Å². The standard InChI is InChI=1S/C15H18N2OS.ClH/c1-11-7-8-13(19-11)10-17-15(18)9-14(16)12-5-3-2-4-6-12;/h2-8,14H,9-10,16H2,1H3,(H,17,18);1H. The number of nitrogens with two attached hydrogens (primary N) is 1. The summed E-state index contributed by atoms with van der Waals surface area (Å²) in [6.45, 7) is 2.64. The number of benzene rings is 1. The van der Waals surface area contributed by atoms with Crippen LogP contribution in [0.2, 0.25) is 0 Å². The molecular formula is C15H19ClN2OS. The Morgan fingerprint density at radius 3 is 2.55 bits per heavy atom. The Hall–Kier alpha value is -1.36. The molecule has 1 heterocycles. The van der Waals surface area contributed by atoms with Crippen molar-refractivity contribution in [3.8, 4) is 0 Å². The van der Waals surface area contributed by atoms with Crippen LogP contribution >= 0.6 is 23.7 Å². The summed E-state index contributed by atoms with van der Waals surface area (Å²) in [5.41, 5.74) is 7.00. The maximum Gasteiger partial charge on any atom is 0.222 e. The lowest BCUT2D eigenvalue weighted by molar-refractivity contribution is -0.121. The van der Waals surface area contributed by atoms with Gasteiger partial charge in [0, 0.05) is 22.2 Å². The molecule has 3 nitrogen and oxygen atoms in total. The van der Waals surface area contributed by atoms with E-state index in [4.69, 9.17) is 5.73 Å². The molecule has 0 bridgehead atoms. The Morgan fingerprint density at radius 2 is 1.95 bits per heavy atom. The molecule has 1 amide bonds. The van der Waals surface area contributed by atoms with E-state index in [1.54, 1.807) is 11.3 Å². The van der Waals surface area contributed by atoms with Gasteiger partial charge in [-0.05, 0) is 24.6 Å². The normalized spacial score (nSPS) is 11.5. The fraction of sp³-hybridized carbons (Fsp3) is 0.267. The summed E-state index contributed by atoms with van der Waals surface area (Å²) in [6, 6.07) is 13.5. The molecule has 1 atom stereocenters. The van der Waals surface area contributed by atoms with Crippen molar-refractivity contribution in [3.05, 3.63) is 57.8 Å². The van der Waals surface area contributed by atoms with Crippen molar-refractivity contribution in [1.29, 1.82) is 0 Å². The molecule has 5 heteroatoms. The van der Waals surface area contributed by atoms with E-state index in [0.29, 0.717) is 13.0 Å². The number of rotatable bonds is 5. The number of nitrogens with one attached hydrogen (secondary N) is 1. The average molecular weight is 311 g/mol. The maximum absolute atomic E-state index is 11.8. The van der Waals surface area contributed by atoms with Gasteiger partial charge in [0.2, 0.25) is 5.91 Å². The van der Waals surface area contributed by atoms with Crippen LogP contribution in [0.3, 0.4) is 0 Å². The Labute approximate surface area is 129 Å². The number of aryl methyl sites for hydroxylation is 1. The highest BCUT2D eigenvalue weighted by Gasteiger charge is 2.11. The number of thiophene rings is 1. The van der Waals surface area contributed by atoms with Crippen molar-refractivity contribution in [3.63, 3.8) is 0 Å². The summed E-state index contributed by atoms with van der Waals surface area (Å²) in [6.07, 6.45) is 0.314. The Balaban J connectivity index is 0.00000200. The van der Waals surface area contributed by atoms with Crippen LogP contribution in [0.15, 0.2) is 42.5 Å². The third kappa shape index (κ3) is 4.96. The van der Waals surface area contributed by atoms with Crippen molar-refractivity contribution in [1.82, 2.24) is 5.32 Å². The van der Waals surface area contributed by atoms with Gasteiger partial charge in [-0.2, -0.15) is 0 Å². The average Bonchev–Trinajstić information content (AvgIpc) is 2.83. The lowest BCUT2D eigenvalue weighted by Gasteiger charge is -2.11. The smallest absolute Gasteiger partial charge is 0.222 e. The minimum absolute atomic E-state index is 0. The van der Waals surface area contributed by atoms with Crippen molar-refractivity contribution in [2.24, 2.45) is 5.73 Å². The predicted octanol–water partition coefficient (Wildman–Crippen LogP) is 3.18. The molecule has 0 saturated carbocycles. The van der Waals surface area contributed by atoms with E-state index in [1.165, 1.54) is 9.75 Å². The van der Waals surface area contributed by atoms with Gasteiger partial charge in [0.05, 0.1) is 6.54 Å². The minimum atomic E-state index is -0.244. The fourth-order valence-corrected chi connectivity index (χ4v) is 2.69. The second kappa shape index (κ2) is 8.04. The Bertz CT molecular complexity index is 542. The lowest BCUT2D eigenvalue weighted by Crippen LogP contribution is -2.26. The number of carbonyl (C=O) groups excluding carboxylic acids is 1. The van der Waals surface area contributed by atoms with E-state index in [2.05, 4.69) is 18.3 Å². The monoisotopic (exact) mass is 310 g/mol. The van der Waals surface area contributed by atoms with E-state index in [9.17, 15) is 4.79 Å². The lowest BCUT2D eigenvalue weighted by atomic mass is 10.0. The second-order valence-electron chi connectivity index (χ2n) is 4.51. The van der Waals surface area contributed by atoms with E-state index in [-0.39, 0.29) is 24.4 Å². The van der Waals surface area contributed by atoms with Crippen LogP contribution in [-0.4, -0.2) is 5.91 Å². The first kappa shape index (κ1) is 16.7. The fourth-order valence-electron chi connectivity index (χ4n) is 1.86. The largest absolute Gasteiger partial charge is 0.351 e. The van der Waals surface area contributed by atoms with Gasteiger partial charge in [0.25, 0.3) is 0 Å². The van der Waals surface area contributed by atoms with Crippen LogP contribution in [0, 0.1) is 6.92 Å². The molecule has 0 fully saturated rings. The molecule has 2 rings (SSSR count). The quantitative estimate of drug-likeness (QED) is 0.891. The number of carbonyl (C=O) groups is 1. The first-order valence-corrected chi connectivity index (χ1v) is 7.09. The molecule has 0 saturated heterocycles. The first-order chi connectivity index (χ1) is 9.15. The Morgan fingerprint density at radius 1 is 1.25 bits per heavy atom. The molecule has 1 unspecified atom stereocenters. The number of amides is 1. The third-order valence-electron chi connectivity index (χ3n) is 2.89. The van der Waals surface area contributed by atoms with Gasteiger partial charge in [0.15, 0.2) is 0 Å². The van der Waals surface area contributed by atoms with Crippen LogP contribution < -0.4 is 11.1 Å². The molecule has 0 aliphatic carbocycles. The molecule has 2 aromatic rings. The minimum Gasteiger partial charge on any atom is -0.351 e. The van der Waals surface area contributed by atoms with E-state index < -0.39 is 0 Å². The second-order valence-corrected chi connectivity index (χ2v) is 5.88. The van der Waals surface area contributed by atoms with Gasteiger partial charge in [-0.3, -0.25) is 4.79 Å². The molecule has 108 valence electrons. The molecule has 0 aliphatic rings. The van der Waals surface area contributed by atoms with Gasteiger partial charge in [0.1, 0.15) is 0 Å². The van der Waals surface area contributed by atoms with Crippen LogP contribution in [0.1, 0.15) is 27.8 Å². The van der Waals surface area contributed by atoms with Crippen LogP contribution in [0.25, 0.3) is 0 Å². The first-order valence-electron chi connectivity index (χ1n) is 6.27. The van der Waals surface area contributed by atoms with Gasteiger partial charge < -0.3 is 11.1 Å². The SMILES string of the molecule is Cc1ccc(CNC(=O)CC(N)c2ccccc2)s1.Cl. The van der Waals surface area contributed by atoms with Crippen LogP contribution in [-0.2, 0) is 11.3 Å². The molecular weight excluding hydrogens is 292 g/mol. The van der Waals surface area contributed by atoms with Gasteiger partial charge in [-0.15, -0.1) is 23.7 Å². The summed E-state index contributed by atoms with van der Waals surface area (Å²) in [4.78, 5) is 14.2. The predicted molar refractivity (Wildman–Crippen MR) is 86.1 cm³/mol. The van der Waals surface area contributed by atoms with Crippen molar-refractivity contribution in [2.75, 3.05) is 0 Å². The highest BCUT2D eigenvalue weighted by atomic mass is 35.5. The molecule has 1 aromatic carbocycles. The van der Waals surface area contributed by atoms with Crippen LogP contribution in [0.5, 0.6) is 0 Å².